The zero-order valence-corrected chi connectivity index (χ0v) is 15.2. The first-order chi connectivity index (χ1) is 14.0. The molecule has 0 fully saturated rings. The lowest BCUT2D eigenvalue weighted by molar-refractivity contribution is -0.140. The van der Waals surface area contributed by atoms with Crippen LogP contribution in [0, 0.1) is 0 Å². The van der Waals surface area contributed by atoms with Crippen molar-refractivity contribution < 1.29 is 33.1 Å². The van der Waals surface area contributed by atoms with Gasteiger partial charge in [0.15, 0.2) is 11.5 Å². The van der Waals surface area contributed by atoms with Gasteiger partial charge in [0.2, 0.25) is 0 Å². The van der Waals surface area contributed by atoms with Gasteiger partial charge in [-0.05, 0) is 23.3 Å². The van der Waals surface area contributed by atoms with Crippen molar-refractivity contribution in [2.24, 2.45) is 0 Å². The number of rotatable bonds is 8. The van der Waals surface area contributed by atoms with Crippen molar-refractivity contribution in [3.8, 4) is 0 Å². The van der Waals surface area contributed by atoms with E-state index in [1.807, 2.05) is 12.1 Å². The van der Waals surface area contributed by atoms with Gasteiger partial charge >= 0.3 is 23.5 Å². The first-order valence-corrected chi connectivity index (χ1v) is 8.65. The van der Waals surface area contributed by atoms with E-state index < -0.39 is 35.0 Å². The first kappa shape index (κ1) is 19.8. The number of carbonyl (C=O) groups excluding carboxylic acids is 4. The molecule has 0 saturated heterocycles. The zero-order chi connectivity index (χ0) is 20.6. The van der Waals surface area contributed by atoms with Crippen molar-refractivity contribution in [1.29, 1.82) is 0 Å². The van der Waals surface area contributed by atoms with Crippen molar-refractivity contribution in [1.82, 2.24) is 0 Å². The molecule has 0 N–H and O–H groups in total. The Morgan fingerprint density at radius 3 is 1.34 bits per heavy atom. The third-order valence-corrected chi connectivity index (χ3v) is 3.85. The molecule has 146 valence electrons. The summed E-state index contributed by atoms with van der Waals surface area (Å²) in [7, 11) is 0. The molecule has 3 aromatic rings. The van der Waals surface area contributed by atoms with Crippen LogP contribution in [0.5, 0.6) is 0 Å². The van der Waals surface area contributed by atoms with Gasteiger partial charge in [-0.15, -0.1) is 0 Å². The van der Waals surface area contributed by atoms with Gasteiger partial charge in [0.1, 0.15) is 13.2 Å². The molecule has 0 atom stereocenters. The number of ketones is 2. The zero-order valence-electron chi connectivity index (χ0n) is 15.2. The molecule has 0 aliphatic heterocycles. The number of Topliss-reactive ketones (excluding diaryl/α,β-unsaturated/α-hetero) is 2. The quantitative estimate of drug-likeness (QED) is 0.330. The van der Waals surface area contributed by atoms with E-state index in [9.17, 15) is 19.2 Å². The maximum atomic E-state index is 12.1. The van der Waals surface area contributed by atoms with Crippen LogP contribution in [0.2, 0.25) is 0 Å². The third-order valence-electron chi connectivity index (χ3n) is 3.85. The molecule has 7 heteroatoms. The number of esters is 2. The Kier molecular flexibility index (Phi) is 6.32. The van der Waals surface area contributed by atoms with E-state index in [1.54, 1.807) is 48.5 Å². The van der Waals surface area contributed by atoms with E-state index in [4.69, 9.17) is 13.9 Å². The number of ether oxygens (including phenoxy) is 2. The van der Waals surface area contributed by atoms with Crippen LogP contribution in [0.4, 0.5) is 0 Å². The normalized spacial score (nSPS) is 10.2. The Labute approximate surface area is 165 Å². The molecule has 0 aliphatic carbocycles. The Morgan fingerprint density at radius 2 is 0.966 bits per heavy atom. The lowest BCUT2D eigenvalue weighted by atomic mass is 10.2. The minimum absolute atomic E-state index is 0.0796. The number of carbonyl (C=O) groups is 4. The number of hydrogen-bond acceptors (Lipinski definition) is 7. The summed E-state index contributed by atoms with van der Waals surface area (Å²) in [6, 6.07) is 19.9. The summed E-state index contributed by atoms with van der Waals surface area (Å²) in [5.74, 6) is -5.18. The predicted molar refractivity (Wildman–Crippen MR) is 99.8 cm³/mol. The Hall–Kier alpha value is -4.00. The summed E-state index contributed by atoms with van der Waals surface area (Å²) in [4.78, 5) is 47.9. The molecule has 0 amide bonds. The fraction of sp³-hybridized carbons (Fsp3) is 0.0909. The van der Waals surface area contributed by atoms with E-state index >= 15 is 0 Å². The van der Waals surface area contributed by atoms with Crippen molar-refractivity contribution in [3.63, 3.8) is 0 Å². The fourth-order valence-electron chi connectivity index (χ4n) is 2.36. The molecular weight excluding hydrogens is 376 g/mol. The highest BCUT2D eigenvalue weighted by molar-refractivity contribution is 6.41. The maximum Gasteiger partial charge on any atom is 0.383 e. The second kappa shape index (κ2) is 9.27. The van der Waals surface area contributed by atoms with Crippen molar-refractivity contribution in [2.45, 2.75) is 13.2 Å². The second-order valence-corrected chi connectivity index (χ2v) is 5.95. The summed E-state index contributed by atoms with van der Waals surface area (Å²) in [5.41, 5.74) is 1.43. The van der Waals surface area contributed by atoms with Gasteiger partial charge in [-0.1, -0.05) is 60.7 Å². The molecule has 7 nitrogen and oxygen atoms in total. The molecule has 0 saturated carbocycles. The fourth-order valence-corrected chi connectivity index (χ4v) is 2.36. The van der Waals surface area contributed by atoms with Crippen LogP contribution in [0.15, 0.2) is 77.2 Å². The topological polar surface area (TPSA) is 99.9 Å². The summed E-state index contributed by atoms with van der Waals surface area (Å²) >= 11 is 0. The average molecular weight is 392 g/mol. The van der Waals surface area contributed by atoms with Gasteiger partial charge in [-0.3, -0.25) is 9.59 Å². The largest absolute Gasteiger partial charge is 0.455 e. The van der Waals surface area contributed by atoms with Crippen LogP contribution in [0.1, 0.15) is 32.2 Å². The monoisotopic (exact) mass is 392 g/mol. The van der Waals surface area contributed by atoms with Crippen LogP contribution < -0.4 is 0 Å². The van der Waals surface area contributed by atoms with Crippen LogP contribution in [0.25, 0.3) is 0 Å². The predicted octanol–water partition coefficient (Wildman–Crippen LogP) is 3.13. The number of furan rings is 1. The summed E-state index contributed by atoms with van der Waals surface area (Å²) < 4.78 is 14.9. The Bertz CT molecular complexity index is 938. The van der Waals surface area contributed by atoms with Crippen LogP contribution in [-0.4, -0.2) is 23.5 Å². The minimum atomic E-state index is -1.13. The van der Waals surface area contributed by atoms with Gasteiger partial charge in [0.05, 0.1) is 0 Å². The average Bonchev–Trinajstić information content (AvgIpc) is 3.26. The van der Waals surface area contributed by atoms with Gasteiger partial charge in [0.25, 0.3) is 0 Å². The summed E-state index contributed by atoms with van der Waals surface area (Å²) in [6.45, 7) is -0.159. The molecule has 2 aromatic carbocycles. The molecule has 3 rings (SSSR count). The highest BCUT2D eigenvalue weighted by atomic mass is 16.5. The SMILES string of the molecule is O=C(OCc1ccccc1)C(=O)c1ccc(C(=O)C(=O)OCc2ccccc2)o1. The highest BCUT2D eigenvalue weighted by Gasteiger charge is 2.26. The first-order valence-electron chi connectivity index (χ1n) is 8.65. The van der Waals surface area contributed by atoms with Crippen molar-refractivity contribution >= 4 is 23.5 Å². The Balaban J connectivity index is 1.55. The molecule has 0 radical (unpaired) electrons. The van der Waals surface area contributed by atoms with Gasteiger partial charge < -0.3 is 13.9 Å². The van der Waals surface area contributed by atoms with E-state index in [1.165, 1.54) is 0 Å². The maximum absolute atomic E-state index is 12.1. The molecule has 29 heavy (non-hydrogen) atoms. The molecule has 0 unspecified atom stereocenters. The standard InChI is InChI=1S/C22H16O7/c23-19(21(25)27-13-15-7-3-1-4-8-15)17-11-12-18(29-17)20(24)22(26)28-14-16-9-5-2-6-10-16/h1-12H,13-14H2. The van der Waals surface area contributed by atoms with Crippen LogP contribution in [0.3, 0.4) is 0 Å². The van der Waals surface area contributed by atoms with Gasteiger partial charge in [-0.25, -0.2) is 9.59 Å². The molecule has 1 aromatic heterocycles. The van der Waals surface area contributed by atoms with Gasteiger partial charge in [-0.2, -0.15) is 0 Å². The minimum Gasteiger partial charge on any atom is -0.455 e. The van der Waals surface area contributed by atoms with E-state index in [-0.39, 0.29) is 13.2 Å². The molecular formula is C22H16O7. The van der Waals surface area contributed by atoms with Crippen molar-refractivity contribution in [3.05, 3.63) is 95.4 Å². The summed E-state index contributed by atoms with van der Waals surface area (Å²) in [5, 5.41) is 0. The second-order valence-electron chi connectivity index (χ2n) is 5.95. The lowest BCUT2D eigenvalue weighted by Gasteiger charge is -2.03. The lowest BCUT2D eigenvalue weighted by Crippen LogP contribution is -2.18. The molecule has 1 heterocycles. The molecule has 0 aliphatic rings. The molecule has 0 spiro atoms. The van der Waals surface area contributed by atoms with Crippen LogP contribution >= 0.6 is 0 Å². The van der Waals surface area contributed by atoms with Crippen molar-refractivity contribution in [2.75, 3.05) is 0 Å². The number of hydrogen-bond donors (Lipinski definition) is 0. The van der Waals surface area contributed by atoms with E-state index in [0.717, 1.165) is 12.1 Å². The summed E-state index contributed by atoms with van der Waals surface area (Å²) in [6.07, 6.45) is 0. The Morgan fingerprint density at radius 1 is 0.586 bits per heavy atom. The number of benzene rings is 2. The third kappa shape index (κ3) is 5.26. The highest BCUT2D eigenvalue weighted by Crippen LogP contribution is 2.12. The van der Waals surface area contributed by atoms with E-state index in [2.05, 4.69) is 0 Å². The van der Waals surface area contributed by atoms with Crippen LogP contribution in [-0.2, 0) is 32.3 Å². The van der Waals surface area contributed by atoms with E-state index in [0.29, 0.717) is 11.1 Å². The molecule has 0 bridgehead atoms. The smallest absolute Gasteiger partial charge is 0.383 e. The van der Waals surface area contributed by atoms with Gasteiger partial charge in [0, 0.05) is 0 Å².